The molecule has 0 amide bonds. The van der Waals surface area contributed by atoms with E-state index in [-0.39, 0.29) is 30.3 Å². The second kappa shape index (κ2) is 11.8. The Hall–Kier alpha value is -2.97. The van der Waals surface area contributed by atoms with Crippen molar-refractivity contribution in [2.45, 2.75) is 84.5 Å². The number of H-pyrrole nitrogens is 1. The minimum Gasteiger partial charge on any atom is -0.461 e. The molecule has 194 valence electrons. The Labute approximate surface area is 212 Å². The maximum absolute atomic E-state index is 12.9. The van der Waals surface area contributed by atoms with Crippen LogP contribution in [-0.4, -0.2) is 44.4 Å². The lowest BCUT2D eigenvalue weighted by Gasteiger charge is -2.22. The number of aryl methyl sites for hydroxylation is 2. The van der Waals surface area contributed by atoms with E-state index in [1.807, 2.05) is 24.3 Å². The smallest absolute Gasteiger partial charge is 0.323 e. The van der Waals surface area contributed by atoms with E-state index in [9.17, 15) is 14.7 Å². The van der Waals surface area contributed by atoms with Gasteiger partial charge in [-0.25, -0.2) is 4.98 Å². The van der Waals surface area contributed by atoms with Gasteiger partial charge in [0.15, 0.2) is 0 Å². The first-order valence-electron chi connectivity index (χ1n) is 13.1. The number of nitrogens with one attached hydrogen (secondary N) is 2. The predicted molar refractivity (Wildman–Crippen MR) is 141 cm³/mol. The molecule has 3 aromatic rings. The summed E-state index contributed by atoms with van der Waals surface area (Å²) in [4.78, 5) is 32.4. The molecular weight excluding hydrogens is 456 g/mol. The third kappa shape index (κ3) is 6.23. The second-order valence-electron chi connectivity index (χ2n) is 10.3. The molecular formula is C28H38N4O4. The minimum atomic E-state index is -0.344. The lowest BCUT2D eigenvalue weighted by atomic mass is 10.0. The zero-order valence-corrected chi connectivity index (χ0v) is 21.5. The number of esters is 1. The fraction of sp³-hybridized carbons (Fsp3) is 0.536. The van der Waals surface area contributed by atoms with Crippen LogP contribution >= 0.6 is 0 Å². The van der Waals surface area contributed by atoms with Crippen LogP contribution < -0.4 is 10.9 Å². The van der Waals surface area contributed by atoms with Gasteiger partial charge < -0.3 is 24.7 Å². The Morgan fingerprint density at radius 1 is 1.28 bits per heavy atom. The molecule has 1 unspecified atom stereocenters. The molecule has 3 N–H and O–H groups in total. The molecule has 1 aromatic carbocycles. The average molecular weight is 495 g/mol. The van der Waals surface area contributed by atoms with Gasteiger partial charge in [-0.2, -0.15) is 0 Å². The summed E-state index contributed by atoms with van der Waals surface area (Å²) in [7, 11) is 0. The first-order valence-corrected chi connectivity index (χ1v) is 13.1. The summed E-state index contributed by atoms with van der Waals surface area (Å²) in [5, 5.41) is 12.8. The number of imidazole rings is 1. The van der Waals surface area contributed by atoms with Crippen molar-refractivity contribution >= 4 is 17.0 Å². The summed E-state index contributed by atoms with van der Waals surface area (Å²) in [6.07, 6.45) is 7.25. The van der Waals surface area contributed by atoms with Gasteiger partial charge in [0.05, 0.1) is 11.0 Å². The first-order chi connectivity index (χ1) is 17.4. The topological polar surface area (TPSA) is 109 Å². The van der Waals surface area contributed by atoms with Crippen molar-refractivity contribution in [3.05, 3.63) is 51.9 Å². The van der Waals surface area contributed by atoms with Gasteiger partial charge in [0.25, 0.3) is 5.56 Å². The highest BCUT2D eigenvalue weighted by molar-refractivity contribution is 5.81. The SMILES string of the molecule is Cc1cc(-c2nc3cc(CNC(CC(C)C)C(=O)OC4CCCC4)ccc3n2CCCO)c[nH]c1=O. The van der Waals surface area contributed by atoms with Crippen LogP contribution in [0.25, 0.3) is 22.4 Å². The van der Waals surface area contributed by atoms with Crippen LogP contribution in [0.15, 0.2) is 35.3 Å². The van der Waals surface area contributed by atoms with Crippen LogP contribution in [0.3, 0.4) is 0 Å². The van der Waals surface area contributed by atoms with Gasteiger partial charge in [-0.3, -0.25) is 9.59 Å². The first kappa shape index (κ1) is 26.1. The molecule has 2 heterocycles. The summed E-state index contributed by atoms with van der Waals surface area (Å²) in [5.41, 5.74) is 4.16. The van der Waals surface area contributed by atoms with E-state index in [1.165, 1.54) is 0 Å². The zero-order chi connectivity index (χ0) is 25.7. The van der Waals surface area contributed by atoms with Gasteiger partial charge >= 0.3 is 5.97 Å². The molecule has 8 heteroatoms. The van der Waals surface area contributed by atoms with Crippen LogP contribution in [0, 0.1) is 12.8 Å². The van der Waals surface area contributed by atoms with E-state index in [4.69, 9.17) is 9.72 Å². The molecule has 0 saturated heterocycles. The number of aliphatic hydroxyl groups excluding tert-OH is 1. The van der Waals surface area contributed by atoms with E-state index in [0.717, 1.165) is 60.1 Å². The molecule has 1 aliphatic carbocycles. The highest BCUT2D eigenvalue weighted by Gasteiger charge is 2.26. The predicted octanol–water partition coefficient (Wildman–Crippen LogP) is 4.07. The summed E-state index contributed by atoms with van der Waals surface area (Å²) >= 11 is 0. The number of hydrogen-bond donors (Lipinski definition) is 3. The van der Waals surface area contributed by atoms with Crippen LogP contribution in [0.1, 0.15) is 63.5 Å². The lowest BCUT2D eigenvalue weighted by Crippen LogP contribution is -2.40. The van der Waals surface area contributed by atoms with E-state index in [2.05, 4.69) is 28.7 Å². The van der Waals surface area contributed by atoms with Crippen molar-refractivity contribution < 1.29 is 14.6 Å². The highest BCUT2D eigenvalue weighted by atomic mass is 16.5. The molecule has 2 aromatic heterocycles. The Morgan fingerprint density at radius 2 is 2.06 bits per heavy atom. The third-order valence-corrected chi connectivity index (χ3v) is 6.83. The normalized spacial score (nSPS) is 15.1. The number of ether oxygens (including phenoxy) is 1. The van der Waals surface area contributed by atoms with E-state index >= 15 is 0 Å². The molecule has 8 nitrogen and oxygen atoms in total. The van der Waals surface area contributed by atoms with Crippen LogP contribution in [0.5, 0.6) is 0 Å². The number of hydrogen-bond acceptors (Lipinski definition) is 6. The van der Waals surface area contributed by atoms with Gasteiger partial charge in [0.1, 0.15) is 18.0 Å². The molecule has 1 fully saturated rings. The molecule has 0 aliphatic heterocycles. The van der Waals surface area contributed by atoms with Gasteiger partial charge in [-0.05, 0) is 75.1 Å². The van der Waals surface area contributed by atoms with Crippen LogP contribution in [-0.2, 0) is 22.6 Å². The number of carbonyl (C=O) groups is 1. The van der Waals surface area contributed by atoms with Crippen LogP contribution in [0.4, 0.5) is 0 Å². The fourth-order valence-electron chi connectivity index (χ4n) is 4.92. The van der Waals surface area contributed by atoms with E-state index in [1.54, 1.807) is 13.1 Å². The summed E-state index contributed by atoms with van der Waals surface area (Å²) in [5.74, 6) is 0.966. The molecule has 0 spiro atoms. The Kier molecular flexibility index (Phi) is 8.59. The molecule has 1 saturated carbocycles. The Bertz CT molecular complexity index is 1240. The van der Waals surface area contributed by atoms with Crippen molar-refractivity contribution in [1.82, 2.24) is 19.9 Å². The van der Waals surface area contributed by atoms with Gasteiger partial charge in [0, 0.05) is 37.0 Å². The van der Waals surface area contributed by atoms with Crippen molar-refractivity contribution in [1.29, 1.82) is 0 Å². The summed E-state index contributed by atoms with van der Waals surface area (Å²) < 4.78 is 7.87. The molecule has 0 bridgehead atoms. The van der Waals surface area contributed by atoms with Crippen molar-refractivity contribution in [2.75, 3.05) is 6.61 Å². The molecule has 1 aliphatic rings. The van der Waals surface area contributed by atoms with Crippen molar-refractivity contribution in [2.24, 2.45) is 5.92 Å². The number of benzene rings is 1. The van der Waals surface area contributed by atoms with Crippen LogP contribution in [0.2, 0.25) is 0 Å². The van der Waals surface area contributed by atoms with Crippen molar-refractivity contribution in [3.63, 3.8) is 0 Å². The van der Waals surface area contributed by atoms with E-state index < -0.39 is 0 Å². The summed E-state index contributed by atoms with van der Waals surface area (Å²) in [6, 6.07) is 7.61. The van der Waals surface area contributed by atoms with E-state index in [0.29, 0.717) is 31.0 Å². The molecule has 0 radical (unpaired) electrons. The number of rotatable bonds is 11. The number of nitrogens with zero attached hydrogens (tertiary/aromatic N) is 2. The van der Waals surface area contributed by atoms with Crippen molar-refractivity contribution in [3.8, 4) is 11.4 Å². The molecule has 36 heavy (non-hydrogen) atoms. The van der Waals surface area contributed by atoms with Gasteiger partial charge in [-0.15, -0.1) is 0 Å². The zero-order valence-electron chi connectivity index (χ0n) is 21.5. The largest absolute Gasteiger partial charge is 0.461 e. The Balaban J connectivity index is 1.56. The lowest BCUT2D eigenvalue weighted by molar-refractivity contribution is -0.151. The standard InChI is InChI=1S/C28H38N4O4/c1-18(2)13-24(28(35)36-22-7-4-5-8-22)29-16-20-9-10-25-23(15-20)31-26(32(25)11-6-12-33)21-14-19(3)27(34)30-17-21/h9-10,14-15,17-18,22,24,29,33H,4-8,11-13,16H2,1-3H3,(H,30,34). The number of fused-ring (bicyclic) bond motifs is 1. The monoisotopic (exact) mass is 494 g/mol. The number of aliphatic hydroxyl groups is 1. The minimum absolute atomic E-state index is 0.0585. The molecule has 4 rings (SSSR count). The van der Waals surface area contributed by atoms with Gasteiger partial charge in [-0.1, -0.05) is 19.9 Å². The molecule has 1 atom stereocenters. The third-order valence-electron chi connectivity index (χ3n) is 6.83. The Morgan fingerprint density at radius 3 is 2.75 bits per heavy atom. The fourth-order valence-corrected chi connectivity index (χ4v) is 4.92. The number of aromatic nitrogens is 3. The highest BCUT2D eigenvalue weighted by Crippen LogP contribution is 2.26. The second-order valence-corrected chi connectivity index (χ2v) is 10.3. The average Bonchev–Trinajstić information content (AvgIpc) is 3.49. The maximum Gasteiger partial charge on any atom is 0.323 e. The number of aromatic amines is 1. The quantitative estimate of drug-likeness (QED) is 0.347. The number of pyridine rings is 1. The van der Waals surface area contributed by atoms with Gasteiger partial charge in [0.2, 0.25) is 0 Å². The summed E-state index contributed by atoms with van der Waals surface area (Å²) in [6.45, 7) is 7.23. The maximum atomic E-state index is 12.9. The number of carbonyl (C=O) groups excluding carboxylic acids is 1.